The summed E-state index contributed by atoms with van der Waals surface area (Å²) in [5.41, 5.74) is 5.90. The van der Waals surface area contributed by atoms with Gasteiger partial charge in [-0.3, -0.25) is 4.79 Å². The molecule has 0 aliphatic heterocycles. The number of nitrogens with zero attached hydrogens (tertiary/aromatic N) is 4. The van der Waals surface area contributed by atoms with Gasteiger partial charge in [0.25, 0.3) is 0 Å². The Morgan fingerprint density at radius 3 is 2.91 bits per heavy atom. The summed E-state index contributed by atoms with van der Waals surface area (Å²) in [6, 6.07) is -0.471. The van der Waals surface area contributed by atoms with Crippen LogP contribution in [0.5, 0.6) is 0 Å². The zero-order chi connectivity index (χ0) is 16.5. The van der Waals surface area contributed by atoms with Crippen LogP contribution in [0.2, 0.25) is 0 Å². The molecule has 5 N–H and O–H groups in total. The van der Waals surface area contributed by atoms with E-state index in [1.807, 2.05) is 0 Å². The Hall–Kier alpha value is -2.26. The van der Waals surface area contributed by atoms with Crippen LogP contribution in [-0.2, 0) is 4.79 Å². The predicted molar refractivity (Wildman–Crippen MR) is 80.1 cm³/mol. The van der Waals surface area contributed by atoms with Gasteiger partial charge < -0.3 is 25.8 Å². The number of nitrogen functional groups attached to an aromatic ring is 1. The Labute approximate surface area is 131 Å². The SMILES string of the molecule is CNC(=O)[C@@]12C[C@@H]1[C@@H](n1cnc3c(N)nc(C)nc31)[C@@H](O)C2O. The summed E-state index contributed by atoms with van der Waals surface area (Å²) in [5, 5.41) is 23.5. The molecule has 122 valence electrons. The highest BCUT2D eigenvalue weighted by atomic mass is 16.3. The largest absolute Gasteiger partial charge is 0.389 e. The fourth-order valence-corrected chi connectivity index (χ4v) is 4.06. The van der Waals surface area contributed by atoms with Crippen LogP contribution in [0.25, 0.3) is 11.2 Å². The van der Waals surface area contributed by atoms with Gasteiger partial charge in [0.1, 0.15) is 17.4 Å². The topological polar surface area (TPSA) is 139 Å². The maximum absolute atomic E-state index is 12.2. The zero-order valence-electron chi connectivity index (χ0n) is 12.8. The smallest absolute Gasteiger partial charge is 0.229 e. The Balaban J connectivity index is 1.82. The molecule has 0 aromatic carbocycles. The van der Waals surface area contributed by atoms with Gasteiger partial charge in [0, 0.05) is 13.0 Å². The van der Waals surface area contributed by atoms with Gasteiger partial charge in [-0.05, 0) is 13.3 Å². The number of aliphatic hydroxyl groups is 2. The van der Waals surface area contributed by atoms with E-state index in [9.17, 15) is 15.0 Å². The lowest BCUT2D eigenvalue weighted by Crippen LogP contribution is -2.41. The van der Waals surface area contributed by atoms with Gasteiger partial charge in [0.05, 0.1) is 23.9 Å². The lowest BCUT2D eigenvalue weighted by molar-refractivity contribution is -0.132. The normalized spacial score (nSPS) is 35.3. The van der Waals surface area contributed by atoms with Crippen LogP contribution in [0.15, 0.2) is 6.33 Å². The standard InChI is InChI=1S/C14H18N6O3/c1-5-18-11(15)7-12(19-5)20(4-17-7)8-6-3-14(6,13(23)16-2)10(22)9(8)21/h4,6,8-10,21-22H,3H2,1-2H3,(H,16,23)(H2,15,18,19)/t6-,8-,9-,10?,14+/m1/s1. The molecule has 23 heavy (non-hydrogen) atoms. The average molecular weight is 318 g/mol. The number of hydrogen-bond donors (Lipinski definition) is 4. The summed E-state index contributed by atoms with van der Waals surface area (Å²) in [6.45, 7) is 1.72. The van der Waals surface area contributed by atoms with E-state index >= 15 is 0 Å². The molecule has 2 aromatic rings. The molecule has 9 heteroatoms. The molecule has 9 nitrogen and oxygen atoms in total. The third-order valence-corrected chi connectivity index (χ3v) is 5.20. The van der Waals surface area contributed by atoms with Crippen LogP contribution < -0.4 is 11.1 Å². The third kappa shape index (κ3) is 1.63. The second-order valence-electron chi connectivity index (χ2n) is 6.34. The van der Waals surface area contributed by atoms with E-state index in [0.29, 0.717) is 23.4 Å². The van der Waals surface area contributed by atoms with Gasteiger partial charge >= 0.3 is 0 Å². The molecule has 1 amide bonds. The maximum Gasteiger partial charge on any atom is 0.229 e. The van der Waals surface area contributed by atoms with E-state index in [2.05, 4.69) is 20.3 Å². The Kier molecular flexibility index (Phi) is 2.74. The molecule has 2 fully saturated rings. The van der Waals surface area contributed by atoms with E-state index in [1.165, 1.54) is 13.4 Å². The first-order valence-electron chi connectivity index (χ1n) is 7.46. The van der Waals surface area contributed by atoms with Crippen molar-refractivity contribution in [2.75, 3.05) is 12.8 Å². The summed E-state index contributed by atoms with van der Waals surface area (Å²) in [6.07, 6.45) is -0.127. The summed E-state index contributed by atoms with van der Waals surface area (Å²) in [4.78, 5) is 24.8. The van der Waals surface area contributed by atoms with E-state index in [1.54, 1.807) is 11.5 Å². The molecule has 0 bridgehead atoms. The van der Waals surface area contributed by atoms with Crippen molar-refractivity contribution in [1.29, 1.82) is 0 Å². The lowest BCUT2D eigenvalue weighted by Gasteiger charge is -2.23. The van der Waals surface area contributed by atoms with Crippen molar-refractivity contribution in [3.05, 3.63) is 12.2 Å². The molecule has 2 aromatic heterocycles. The Morgan fingerprint density at radius 2 is 2.22 bits per heavy atom. The van der Waals surface area contributed by atoms with E-state index in [4.69, 9.17) is 5.73 Å². The molecule has 0 saturated heterocycles. The molecule has 4 rings (SSSR count). The van der Waals surface area contributed by atoms with Crippen molar-refractivity contribution in [1.82, 2.24) is 24.8 Å². The monoisotopic (exact) mass is 318 g/mol. The molecular formula is C14H18N6O3. The number of nitrogens with two attached hydrogens (primary N) is 1. The first-order valence-corrected chi connectivity index (χ1v) is 7.46. The zero-order valence-corrected chi connectivity index (χ0v) is 12.8. The number of aryl methyl sites for hydroxylation is 1. The third-order valence-electron chi connectivity index (χ3n) is 5.20. The minimum Gasteiger partial charge on any atom is -0.389 e. The number of aromatic nitrogens is 4. The summed E-state index contributed by atoms with van der Waals surface area (Å²) in [7, 11) is 1.53. The number of carbonyl (C=O) groups is 1. The molecule has 2 aliphatic rings. The van der Waals surface area contributed by atoms with Crippen LogP contribution in [0.1, 0.15) is 18.3 Å². The summed E-state index contributed by atoms with van der Waals surface area (Å²) in [5.74, 6) is 0.360. The van der Waals surface area contributed by atoms with E-state index in [0.717, 1.165) is 0 Å². The van der Waals surface area contributed by atoms with Crippen molar-refractivity contribution >= 4 is 22.9 Å². The van der Waals surface area contributed by atoms with Crippen LogP contribution in [0.4, 0.5) is 5.82 Å². The van der Waals surface area contributed by atoms with Gasteiger partial charge in [0.2, 0.25) is 5.91 Å². The number of aliphatic hydroxyl groups excluding tert-OH is 2. The number of fused-ring (bicyclic) bond motifs is 2. The highest BCUT2D eigenvalue weighted by Gasteiger charge is 2.75. The van der Waals surface area contributed by atoms with Gasteiger partial charge in [0.15, 0.2) is 11.5 Å². The van der Waals surface area contributed by atoms with Gasteiger partial charge in [-0.2, -0.15) is 0 Å². The molecule has 5 atom stereocenters. The van der Waals surface area contributed by atoms with Crippen molar-refractivity contribution in [2.24, 2.45) is 11.3 Å². The van der Waals surface area contributed by atoms with Gasteiger partial charge in [-0.15, -0.1) is 0 Å². The van der Waals surface area contributed by atoms with Crippen molar-refractivity contribution in [3.8, 4) is 0 Å². The number of carbonyl (C=O) groups excluding carboxylic acids is 1. The fraction of sp³-hybridized carbons (Fsp3) is 0.571. The Bertz CT molecular complexity index is 820. The minimum absolute atomic E-state index is 0.165. The molecule has 0 spiro atoms. The fourth-order valence-electron chi connectivity index (χ4n) is 4.06. The van der Waals surface area contributed by atoms with Crippen molar-refractivity contribution in [2.45, 2.75) is 31.6 Å². The molecular weight excluding hydrogens is 300 g/mol. The second kappa shape index (κ2) is 4.39. The first-order chi connectivity index (χ1) is 10.9. The molecule has 1 unspecified atom stereocenters. The average Bonchev–Trinajstić information content (AvgIpc) is 3.05. The van der Waals surface area contributed by atoms with Crippen LogP contribution in [0.3, 0.4) is 0 Å². The number of imidazole rings is 1. The van der Waals surface area contributed by atoms with Crippen molar-refractivity contribution < 1.29 is 15.0 Å². The maximum atomic E-state index is 12.2. The summed E-state index contributed by atoms with van der Waals surface area (Å²) >= 11 is 0. The quantitative estimate of drug-likeness (QED) is 0.542. The van der Waals surface area contributed by atoms with E-state index in [-0.39, 0.29) is 17.6 Å². The number of hydrogen-bond acceptors (Lipinski definition) is 7. The van der Waals surface area contributed by atoms with Crippen LogP contribution in [-0.4, -0.2) is 54.9 Å². The number of nitrogens with one attached hydrogen (secondary N) is 1. The first kappa shape index (κ1) is 14.3. The van der Waals surface area contributed by atoms with Crippen LogP contribution in [0, 0.1) is 18.3 Å². The van der Waals surface area contributed by atoms with E-state index < -0.39 is 23.7 Å². The highest BCUT2D eigenvalue weighted by molar-refractivity contribution is 5.88. The Morgan fingerprint density at radius 1 is 1.48 bits per heavy atom. The summed E-state index contributed by atoms with van der Waals surface area (Å²) < 4.78 is 1.70. The lowest BCUT2D eigenvalue weighted by atomic mass is 9.98. The van der Waals surface area contributed by atoms with Gasteiger partial charge in [-0.25, -0.2) is 15.0 Å². The molecule has 2 saturated carbocycles. The van der Waals surface area contributed by atoms with Crippen molar-refractivity contribution in [3.63, 3.8) is 0 Å². The number of amides is 1. The number of anilines is 1. The second-order valence-corrected chi connectivity index (χ2v) is 6.34. The van der Waals surface area contributed by atoms with Gasteiger partial charge in [-0.1, -0.05) is 0 Å². The predicted octanol–water partition coefficient (Wildman–Crippen LogP) is -1.25. The molecule has 2 aliphatic carbocycles. The molecule has 0 radical (unpaired) electrons. The molecule has 2 heterocycles. The number of rotatable bonds is 2. The minimum atomic E-state index is -1.12. The highest BCUT2D eigenvalue weighted by Crippen LogP contribution is 2.67. The van der Waals surface area contributed by atoms with Crippen LogP contribution >= 0.6 is 0 Å².